The summed E-state index contributed by atoms with van der Waals surface area (Å²) in [5, 5.41) is 6.90. The Morgan fingerprint density at radius 3 is 2.60 bits per heavy atom. The van der Waals surface area contributed by atoms with E-state index in [1.54, 1.807) is 0 Å². The molecule has 5 nitrogen and oxygen atoms in total. The molecule has 1 heterocycles. The van der Waals surface area contributed by atoms with Gasteiger partial charge in [-0.25, -0.2) is 0 Å². The smallest absolute Gasteiger partial charge is 0.364 e. The minimum Gasteiger partial charge on any atom is -0.364 e. The predicted molar refractivity (Wildman–Crippen MR) is 66.2 cm³/mol. The molecule has 0 aliphatic rings. The van der Waals surface area contributed by atoms with Gasteiger partial charge in [-0.1, -0.05) is 19.0 Å². The van der Waals surface area contributed by atoms with Crippen molar-refractivity contribution in [3.8, 4) is 0 Å². The van der Waals surface area contributed by atoms with Gasteiger partial charge >= 0.3 is 6.18 Å². The summed E-state index contributed by atoms with van der Waals surface area (Å²) in [5.41, 5.74) is 0. The van der Waals surface area contributed by atoms with E-state index in [0.717, 1.165) is 13.0 Å². The Kier molecular flexibility index (Phi) is 6.41. The van der Waals surface area contributed by atoms with Crippen molar-refractivity contribution in [1.82, 2.24) is 15.5 Å². The van der Waals surface area contributed by atoms with Crippen LogP contribution in [-0.2, 0) is 11.3 Å². The lowest BCUT2D eigenvalue weighted by atomic mass is 9.98. The number of ether oxygens (including phenoxy) is 1. The Labute approximate surface area is 115 Å². The van der Waals surface area contributed by atoms with Crippen LogP contribution in [0.5, 0.6) is 0 Å². The van der Waals surface area contributed by atoms with Gasteiger partial charge in [-0.2, -0.15) is 18.2 Å². The maximum Gasteiger partial charge on any atom is 0.411 e. The molecule has 0 bridgehead atoms. The summed E-state index contributed by atoms with van der Waals surface area (Å²) in [4.78, 5) is 4.09. The van der Waals surface area contributed by atoms with Crippen LogP contribution in [0.15, 0.2) is 4.52 Å². The van der Waals surface area contributed by atoms with Crippen molar-refractivity contribution in [1.29, 1.82) is 0 Å². The normalized spacial score (nSPS) is 15.3. The van der Waals surface area contributed by atoms with Crippen LogP contribution in [0.1, 0.15) is 44.8 Å². The second-order valence-corrected chi connectivity index (χ2v) is 4.52. The van der Waals surface area contributed by atoms with Gasteiger partial charge in [0.2, 0.25) is 5.89 Å². The molecule has 2 atom stereocenters. The van der Waals surface area contributed by atoms with E-state index in [9.17, 15) is 13.2 Å². The molecule has 1 rings (SSSR count). The second-order valence-electron chi connectivity index (χ2n) is 4.52. The Bertz CT molecular complexity index is 396. The summed E-state index contributed by atoms with van der Waals surface area (Å²) in [5.74, 6) is 0.580. The summed E-state index contributed by atoms with van der Waals surface area (Å²) in [6.45, 7) is 5.17. The number of hydrogen-bond acceptors (Lipinski definition) is 5. The molecule has 0 saturated carbocycles. The fraction of sp³-hybridized carbons (Fsp3) is 0.833. The monoisotopic (exact) mass is 295 g/mol. The Morgan fingerprint density at radius 2 is 2.05 bits per heavy atom. The minimum absolute atomic E-state index is 0.0267. The highest BCUT2D eigenvalue weighted by Gasteiger charge is 2.28. The van der Waals surface area contributed by atoms with E-state index in [4.69, 9.17) is 4.52 Å². The lowest BCUT2D eigenvalue weighted by Gasteiger charge is -2.19. The van der Waals surface area contributed by atoms with Crippen molar-refractivity contribution in [2.75, 3.05) is 13.2 Å². The van der Waals surface area contributed by atoms with E-state index in [0.29, 0.717) is 5.89 Å². The molecule has 0 spiro atoms. The van der Waals surface area contributed by atoms with Crippen LogP contribution in [-0.4, -0.2) is 35.5 Å². The molecule has 1 aromatic heterocycles. The Balaban J connectivity index is 2.56. The van der Waals surface area contributed by atoms with E-state index in [-0.39, 0.29) is 24.4 Å². The lowest BCUT2D eigenvalue weighted by molar-refractivity contribution is -0.177. The summed E-state index contributed by atoms with van der Waals surface area (Å²) in [7, 11) is 0. The molecular weight excluding hydrogens is 275 g/mol. The van der Waals surface area contributed by atoms with Crippen LogP contribution in [0.4, 0.5) is 13.2 Å². The fourth-order valence-corrected chi connectivity index (χ4v) is 1.94. The topological polar surface area (TPSA) is 60.2 Å². The minimum atomic E-state index is -4.35. The van der Waals surface area contributed by atoms with Gasteiger partial charge in [-0.15, -0.1) is 0 Å². The molecule has 0 aliphatic heterocycles. The van der Waals surface area contributed by atoms with Crippen LogP contribution in [0.25, 0.3) is 0 Å². The van der Waals surface area contributed by atoms with Crippen LogP contribution >= 0.6 is 0 Å². The lowest BCUT2D eigenvalue weighted by Crippen LogP contribution is -2.31. The summed E-state index contributed by atoms with van der Waals surface area (Å²) in [6.07, 6.45) is -3.56. The van der Waals surface area contributed by atoms with Crippen molar-refractivity contribution in [2.24, 2.45) is 0 Å². The van der Waals surface area contributed by atoms with Gasteiger partial charge in [-0.05, 0) is 19.9 Å². The maximum absolute atomic E-state index is 11.9. The molecule has 0 aliphatic carbocycles. The third kappa shape index (κ3) is 5.46. The predicted octanol–water partition coefficient (Wildman–Crippen LogP) is 2.64. The highest BCUT2D eigenvalue weighted by molar-refractivity contribution is 4.97. The van der Waals surface area contributed by atoms with Crippen molar-refractivity contribution < 1.29 is 22.4 Å². The van der Waals surface area contributed by atoms with E-state index in [1.165, 1.54) is 0 Å². The van der Waals surface area contributed by atoms with Crippen LogP contribution < -0.4 is 5.32 Å². The SMILES string of the molecule is CCNC(C)C(CC)c1nc(COCC(F)(F)F)no1. The van der Waals surface area contributed by atoms with Gasteiger partial charge in [0.25, 0.3) is 0 Å². The van der Waals surface area contributed by atoms with Gasteiger partial charge in [0.05, 0.1) is 5.92 Å². The molecule has 1 N–H and O–H groups in total. The molecule has 20 heavy (non-hydrogen) atoms. The van der Waals surface area contributed by atoms with Crippen molar-refractivity contribution >= 4 is 0 Å². The fourth-order valence-electron chi connectivity index (χ4n) is 1.94. The van der Waals surface area contributed by atoms with Gasteiger partial charge in [0.1, 0.15) is 13.2 Å². The highest BCUT2D eigenvalue weighted by Crippen LogP contribution is 2.22. The number of likely N-dealkylation sites (N-methyl/N-ethyl adjacent to an activating group) is 1. The number of aromatic nitrogens is 2. The zero-order valence-electron chi connectivity index (χ0n) is 11.8. The van der Waals surface area contributed by atoms with Gasteiger partial charge in [-0.3, -0.25) is 0 Å². The van der Waals surface area contributed by atoms with Crippen LogP contribution in [0, 0.1) is 0 Å². The van der Waals surface area contributed by atoms with Gasteiger partial charge in [0, 0.05) is 6.04 Å². The van der Waals surface area contributed by atoms with Crippen molar-refractivity contribution in [3.05, 3.63) is 11.7 Å². The Hall–Kier alpha value is -1.15. The van der Waals surface area contributed by atoms with E-state index >= 15 is 0 Å². The third-order valence-electron chi connectivity index (χ3n) is 2.87. The third-order valence-corrected chi connectivity index (χ3v) is 2.87. The maximum atomic E-state index is 11.9. The van der Waals surface area contributed by atoms with E-state index in [2.05, 4.69) is 20.2 Å². The molecule has 116 valence electrons. The first-order valence-corrected chi connectivity index (χ1v) is 6.57. The second kappa shape index (κ2) is 7.58. The summed E-state index contributed by atoms with van der Waals surface area (Å²) in [6, 6.07) is 0.148. The van der Waals surface area contributed by atoms with Gasteiger partial charge in [0.15, 0.2) is 5.82 Å². The number of halogens is 3. The number of nitrogens with zero attached hydrogens (tertiary/aromatic N) is 2. The number of hydrogen-bond donors (Lipinski definition) is 1. The molecule has 0 fully saturated rings. The van der Waals surface area contributed by atoms with Crippen molar-refractivity contribution in [3.63, 3.8) is 0 Å². The molecule has 0 radical (unpaired) electrons. The molecule has 8 heteroatoms. The number of nitrogens with one attached hydrogen (secondary N) is 1. The van der Waals surface area contributed by atoms with Crippen LogP contribution in [0.2, 0.25) is 0 Å². The van der Waals surface area contributed by atoms with Gasteiger partial charge < -0.3 is 14.6 Å². The molecule has 0 aromatic carbocycles. The number of rotatable bonds is 8. The Morgan fingerprint density at radius 1 is 1.35 bits per heavy atom. The zero-order chi connectivity index (χ0) is 15.2. The molecular formula is C12H20F3N3O2. The average molecular weight is 295 g/mol. The van der Waals surface area contributed by atoms with Crippen LogP contribution in [0.3, 0.4) is 0 Å². The summed E-state index contributed by atoms with van der Waals surface area (Å²) < 4.78 is 45.4. The molecule has 0 amide bonds. The first kappa shape index (κ1) is 16.9. The highest BCUT2D eigenvalue weighted by atomic mass is 19.4. The standard InChI is InChI=1S/C12H20F3N3O2/c1-4-9(8(3)16-5-2)11-17-10(18-20-11)6-19-7-12(13,14)15/h8-9,16H,4-7H2,1-3H3. The molecule has 0 saturated heterocycles. The molecule has 2 unspecified atom stereocenters. The number of alkyl halides is 3. The van der Waals surface area contributed by atoms with E-state index in [1.807, 2.05) is 20.8 Å². The van der Waals surface area contributed by atoms with E-state index < -0.39 is 12.8 Å². The zero-order valence-corrected chi connectivity index (χ0v) is 11.8. The molecule has 1 aromatic rings. The quantitative estimate of drug-likeness (QED) is 0.799. The van der Waals surface area contributed by atoms with Crippen molar-refractivity contribution in [2.45, 2.75) is 51.9 Å². The summed E-state index contributed by atoms with van der Waals surface area (Å²) >= 11 is 0. The average Bonchev–Trinajstić information content (AvgIpc) is 2.77. The first-order chi connectivity index (χ1) is 9.37. The first-order valence-electron chi connectivity index (χ1n) is 6.57. The largest absolute Gasteiger partial charge is 0.411 e.